The van der Waals surface area contributed by atoms with Gasteiger partial charge in [-0.2, -0.15) is 0 Å². The van der Waals surface area contributed by atoms with Gasteiger partial charge in [0, 0.05) is 18.4 Å². The van der Waals surface area contributed by atoms with Gasteiger partial charge in [-0.25, -0.2) is 0 Å². The standard InChI is InChI=1S/C36H44O6Si/c1-35(2,3)43(31-18-12-8-13-19-31,32-20-14-9-15-21-32)42-30-24-28(36(4,33(37)39-5)34(38)40-6)22-23-29(25-30)41-26-27-16-10-7-11-17-27/h7-23,28-30H,24-26H2,1-6H3/t28-,29+,30-/m1/s1. The molecule has 0 aromatic heterocycles. The molecule has 0 fully saturated rings. The minimum Gasteiger partial charge on any atom is -0.468 e. The van der Waals surface area contributed by atoms with Crippen LogP contribution in [0.5, 0.6) is 0 Å². The summed E-state index contributed by atoms with van der Waals surface area (Å²) >= 11 is 0. The van der Waals surface area contributed by atoms with Crippen molar-refractivity contribution >= 4 is 30.6 Å². The van der Waals surface area contributed by atoms with Crippen LogP contribution in [0, 0.1) is 11.3 Å². The van der Waals surface area contributed by atoms with E-state index in [1.807, 2.05) is 54.6 Å². The molecule has 0 N–H and O–H groups in total. The van der Waals surface area contributed by atoms with Crippen LogP contribution in [-0.4, -0.2) is 46.7 Å². The average molecular weight is 601 g/mol. The Bertz CT molecular complexity index is 1310. The Morgan fingerprint density at radius 1 is 0.721 bits per heavy atom. The van der Waals surface area contributed by atoms with Gasteiger partial charge in [-0.15, -0.1) is 0 Å². The van der Waals surface area contributed by atoms with Crippen LogP contribution >= 0.6 is 0 Å². The fourth-order valence-electron chi connectivity index (χ4n) is 6.23. The van der Waals surface area contributed by atoms with Gasteiger partial charge in [-0.05, 0) is 34.3 Å². The zero-order valence-corrected chi connectivity index (χ0v) is 27.1. The van der Waals surface area contributed by atoms with E-state index in [0.29, 0.717) is 19.4 Å². The molecular formula is C36H44O6Si. The van der Waals surface area contributed by atoms with E-state index in [9.17, 15) is 9.59 Å². The minimum atomic E-state index is -2.95. The lowest BCUT2D eigenvalue weighted by atomic mass is 9.74. The number of methoxy groups -OCH3 is 2. The highest BCUT2D eigenvalue weighted by Crippen LogP contribution is 2.42. The summed E-state index contributed by atoms with van der Waals surface area (Å²) in [5.74, 6) is -1.82. The van der Waals surface area contributed by atoms with Crippen LogP contribution in [0.25, 0.3) is 0 Å². The van der Waals surface area contributed by atoms with Gasteiger partial charge in [0.05, 0.1) is 26.9 Å². The molecule has 3 aromatic rings. The van der Waals surface area contributed by atoms with Gasteiger partial charge >= 0.3 is 11.9 Å². The van der Waals surface area contributed by atoms with Crippen LogP contribution in [0.15, 0.2) is 103 Å². The predicted octanol–water partition coefficient (Wildman–Crippen LogP) is 5.84. The number of hydrogen-bond donors (Lipinski definition) is 0. The second-order valence-corrected chi connectivity index (χ2v) is 16.6. The smallest absolute Gasteiger partial charge is 0.323 e. The number of allylic oxidation sites excluding steroid dienone is 1. The molecule has 0 amide bonds. The molecule has 0 saturated carbocycles. The molecule has 0 spiro atoms. The number of carbonyl (C=O) groups is 2. The monoisotopic (exact) mass is 600 g/mol. The van der Waals surface area contributed by atoms with E-state index in [4.69, 9.17) is 18.6 Å². The summed E-state index contributed by atoms with van der Waals surface area (Å²) in [5, 5.41) is 2.07. The quantitative estimate of drug-likeness (QED) is 0.126. The normalized spacial score (nSPS) is 19.3. The summed E-state index contributed by atoms with van der Waals surface area (Å²) in [7, 11) is -0.356. The van der Waals surface area contributed by atoms with Crippen molar-refractivity contribution < 1.29 is 28.2 Å². The van der Waals surface area contributed by atoms with Crippen LogP contribution in [-0.2, 0) is 34.8 Å². The number of hydrogen-bond acceptors (Lipinski definition) is 6. The maximum atomic E-state index is 13.2. The minimum absolute atomic E-state index is 0.251. The maximum Gasteiger partial charge on any atom is 0.323 e. The Morgan fingerprint density at radius 3 is 1.67 bits per heavy atom. The van der Waals surface area contributed by atoms with Crippen molar-refractivity contribution in [3.05, 3.63) is 109 Å². The Kier molecular flexibility index (Phi) is 10.4. The summed E-state index contributed by atoms with van der Waals surface area (Å²) in [6, 6.07) is 30.9. The van der Waals surface area contributed by atoms with Gasteiger partial charge in [0.15, 0.2) is 5.41 Å². The highest BCUT2D eigenvalue weighted by molar-refractivity contribution is 6.99. The first-order valence-corrected chi connectivity index (χ1v) is 16.8. The molecule has 0 bridgehead atoms. The van der Waals surface area contributed by atoms with Crippen molar-refractivity contribution in [3.8, 4) is 0 Å². The van der Waals surface area contributed by atoms with E-state index >= 15 is 0 Å². The van der Waals surface area contributed by atoms with Gasteiger partial charge in [-0.3, -0.25) is 9.59 Å². The van der Waals surface area contributed by atoms with Gasteiger partial charge in [0.25, 0.3) is 8.32 Å². The first kappa shape index (κ1) is 32.4. The molecule has 0 unspecified atom stereocenters. The van der Waals surface area contributed by atoms with Crippen molar-refractivity contribution in [2.75, 3.05) is 14.2 Å². The number of benzene rings is 3. The van der Waals surface area contributed by atoms with E-state index < -0.39 is 31.6 Å². The van der Waals surface area contributed by atoms with Crippen LogP contribution < -0.4 is 10.4 Å². The van der Waals surface area contributed by atoms with E-state index in [1.165, 1.54) is 14.2 Å². The van der Waals surface area contributed by atoms with Crippen molar-refractivity contribution in [2.45, 2.75) is 64.4 Å². The SMILES string of the molecule is COC(=O)C(C)(C(=O)OC)[C@@H]1C=C[C@H](OCc2ccccc2)C[C@H](O[Si](c2ccccc2)(c2ccccc2)C(C)(C)C)C1. The highest BCUT2D eigenvalue weighted by Gasteiger charge is 2.54. The summed E-state index contributed by atoms with van der Waals surface area (Å²) in [6.45, 7) is 8.74. The Hall–Kier alpha value is -3.52. The second-order valence-electron chi connectivity index (χ2n) is 12.4. The lowest BCUT2D eigenvalue weighted by molar-refractivity contribution is -0.171. The van der Waals surface area contributed by atoms with Gasteiger partial charge in [-0.1, -0.05) is 124 Å². The first-order chi connectivity index (χ1) is 20.6. The molecular weight excluding hydrogens is 556 g/mol. The van der Waals surface area contributed by atoms with Crippen molar-refractivity contribution in [1.82, 2.24) is 0 Å². The van der Waals surface area contributed by atoms with E-state index in [-0.39, 0.29) is 17.2 Å². The van der Waals surface area contributed by atoms with E-state index in [2.05, 4.69) is 69.3 Å². The molecule has 0 heterocycles. The fraction of sp³-hybridized carbons (Fsp3) is 0.389. The highest BCUT2D eigenvalue weighted by atomic mass is 28.4. The Balaban J connectivity index is 1.81. The molecule has 1 aliphatic carbocycles. The van der Waals surface area contributed by atoms with Crippen LogP contribution in [0.4, 0.5) is 0 Å². The molecule has 3 aromatic carbocycles. The molecule has 7 heteroatoms. The molecule has 6 nitrogen and oxygen atoms in total. The molecule has 4 rings (SSSR count). The van der Waals surface area contributed by atoms with Crippen LogP contribution in [0.3, 0.4) is 0 Å². The van der Waals surface area contributed by atoms with Gasteiger partial charge in [0.2, 0.25) is 0 Å². The van der Waals surface area contributed by atoms with E-state index in [0.717, 1.165) is 15.9 Å². The fourth-order valence-corrected chi connectivity index (χ4v) is 10.9. The summed E-state index contributed by atoms with van der Waals surface area (Å²) in [6.07, 6.45) is 4.20. The lowest BCUT2D eigenvalue weighted by Crippen LogP contribution is -2.68. The van der Waals surface area contributed by atoms with Crippen LogP contribution in [0.2, 0.25) is 5.04 Å². The molecule has 228 valence electrons. The predicted molar refractivity (Wildman–Crippen MR) is 172 cm³/mol. The van der Waals surface area contributed by atoms with Crippen LogP contribution in [0.1, 0.15) is 46.1 Å². The Labute approximate surface area is 257 Å². The molecule has 0 saturated heterocycles. The molecule has 3 atom stereocenters. The van der Waals surface area contributed by atoms with Crippen molar-refractivity contribution in [2.24, 2.45) is 11.3 Å². The number of carbonyl (C=O) groups excluding carboxylic acids is 2. The van der Waals surface area contributed by atoms with Crippen molar-refractivity contribution in [3.63, 3.8) is 0 Å². The maximum absolute atomic E-state index is 13.2. The summed E-state index contributed by atoms with van der Waals surface area (Å²) < 4.78 is 24.3. The molecule has 43 heavy (non-hydrogen) atoms. The first-order valence-electron chi connectivity index (χ1n) is 14.9. The van der Waals surface area contributed by atoms with E-state index in [1.54, 1.807) is 6.92 Å². The zero-order chi connectivity index (χ0) is 31.1. The zero-order valence-electron chi connectivity index (χ0n) is 26.1. The third kappa shape index (κ3) is 6.85. The average Bonchev–Trinajstić information content (AvgIpc) is 3.24. The summed E-state index contributed by atoms with van der Waals surface area (Å²) in [5.41, 5.74) is -0.489. The van der Waals surface area contributed by atoms with Gasteiger partial charge in [0.1, 0.15) is 0 Å². The van der Waals surface area contributed by atoms with Crippen molar-refractivity contribution in [1.29, 1.82) is 0 Å². The van der Waals surface area contributed by atoms with Gasteiger partial charge < -0.3 is 18.6 Å². The second kappa shape index (κ2) is 13.8. The third-order valence-corrected chi connectivity index (χ3v) is 13.7. The number of ether oxygens (including phenoxy) is 3. The molecule has 0 radical (unpaired) electrons. The third-order valence-electron chi connectivity index (χ3n) is 8.60. The number of rotatable bonds is 10. The summed E-state index contributed by atoms with van der Waals surface area (Å²) in [4.78, 5) is 26.4. The molecule has 1 aliphatic rings. The topological polar surface area (TPSA) is 71.1 Å². The Morgan fingerprint density at radius 2 is 1.21 bits per heavy atom. The largest absolute Gasteiger partial charge is 0.468 e. The molecule has 0 aliphatic heterocycles. The number of esters is 2. The lowest BCUT2D eigenvalue weighted by Gasteiger charge is -2.46.